The van der Waals surface area contributed by atoms with Gasteiger partial charge in [0.2, 0.25) is 0 Å². The summed E-state index contributed by atoms with van der Waals surface area (Å²) in [5.74, 6) is 0. The Hall–Kier alpha value is 0.430. The zero-order chi connectivity index (χ0) is 10.0. The molecule has 0 atom stereocenters. The largest absolute Gasteiger partial charge is 0.326 e. The number of halogens is 4. The zero-order valence-electron chi connectivity index (χ0n) is 6.40. The number of nitrogens with two attached hydrogens (primary N) is 1. The molecule has 1 aromatic heterocycles. The van der Waals surface area contributed by atoms with Gasteiger partial charge < -0.3 is 5.73 Å². The van der Waals surface area contributed by atoms with Crippen molar-refractivity contribution < 1.29 is 8.78 Å². The first kappa shape index (κ1) is 11.5. The predicted octanol–water partition coefficient (Wildman–Crippen LogP) is 2.69. The van der Waals surface area contributed by atoms with Crippen molar-refractivity contribution in [3.8, 4) is 0 Å². The number of hydrogen-bond donors (Lipinski definition) is 1. The van der Waals surface area contributed by atoms with Gasteiger partial charge in [-0.2, -0.15) is 0 Å². The monoisotopic (exact) mass is 410 g/mol. The topological polar surface area (TPSA) is 38.9 Å². The van der Waals surface area contributed by atoms with E-state index >= 15 is 0 Å². The van der Waals surface area contributed by atoms with Crippen LogP contribution in [0.2, 0.25) is 0 Å². The van der Waals surface area contributed by atoms with E-state index in [-0.39, 0.29) is 12.1 Å². The Morgan fingerprint density at radius 2 is 2.08 bits per heavy atom. The van der Waals surface area contributed by atoms with E-state index in [9.17, 15) is 8.78 Å². The van der Waals surface area contributed by atoms with Crippen molar-refractivity contribution in [2.24, 2.45) is 5.73 Å². The third-order valence-corrected chi connectivity index (χ3v) is 3.34. The highest BCUT2D eigenvalue weighted by molar-refractivity contribution is 14.1. The predicted molar refractivity (Wildman–Crippen MR) is 62.5 cm³/mol. The number of hydrogen-bond acceptors (Lipinski definition) is 2. The van der Waals surface area contributed by atoms with Crippen LogP contribution in [0.1, 0.15) is 17.6 Å². The molecule has 1 rings (SSSR count). The van der Waals surface area contributed by atoms with Gasteiger partial charge in [-0.25, -0.2) is 13.8 Å². The number of rotatable bonds is 2. The summed E-state index contributed by atoms with van der Waals surface area (Å²) < 4.78 is 26.1. The second-order valence-corrected chi connectivity index (χ2v) is 4.48. The van der Waals surface area contributed by atoms with Crippen molar-refractivity contribution in [3.63, 3.8) is 0 Å². The first-order valence-corrected chi connectivity index (χ1v) is 5.54. The van der Waals surface area contributed by atoms with Gasteiger partial charge in [0.1, 0.15) is 3.70 Å². The van der Waals surface area contributed by atoms with Gasteiger partial charge in [0.15, 0.2) is 0 Å². The molecular weight excluding hydrogens is 404 g/mol. The van der Waals surface area contributed by atoms with Crippen molar-refractivity contribution in [3.05, 3.63) is 24.6 Å². The Morgan fingerprint density at radius 1 is 1.46 bits per heavy atom. The highest BCUT2D eigenvalue weighted by Gasteiger charge is 2.18. The smallest absolute Gasteiger partial charge is 0.266 e. The van der Waals surface area contributed by atoms with E-state index in [1.807, 2.05) is 22.6 Å². The maximum absolute atomic E-state index is 12.6. The maximum atomic E-state index is 12.6. The molecule has 2 nitrogen and oxygen atoms in total. The lowest BCUT2D eigenvalue weighted by atomic mass is 10.1. The summed E-state index contributed by atoms with van der Waals surface area (Å²) in [6.45, 7) is 0.121. The summed E-state index contributed by atoms with van der Waals surface area (Å²) in [5.41, 5.74) is 5.85. The van der Waals surface area contributed by atoms with Crippen LogP contribution < -0.4 is 5.73 Å². The van der Waals surface area contributed by atoms with E-state index in [1.165, 1.54) is 0 Å². The second-order valence-electron chi connectivity index (χ2n) is 2.29. The molecule has 6 heteroatoms. The van der Waals surface area contributed by atoms with Gasteiger partial charge in [0.25, 0.3) is 6.43 Å². The first-order chi connectivity index (χ1) is 6.07. The van der Waals surface area contributed by atoms with Crippen LogP contribution in [0.5, 0.6) is 0 Å². The minimum atomic E-state index is -2.51. The van der Waals surface area contributed by atoms with Crippen LogP contribution >= 0.6 is 45.2 Å². The van der Waals surface area contributed by atoms with Gasteiger partial charge >= 0.3 is 0 Å². The molecule has 13 heavy (non-hydrogen) atoms. The highest BCUT2D eigenvalue weighted by atomic mass is 127. The minimum absolute atomic E-state index is 0.0324. The lowest BCUT2D eigenvalue weighted by Crippen LogP contribution is -2.08. The van der Waals surface area contributed by atoms with Crippen LogP contribution in [0.4, 0.5) is 8.78 Å². The zero-order valence-corrected chi connectivity index (χ0v) is 10.7. The van der Waals surface area contributed by atoms with E-state index in [1.54, 1.807) is 28.8 Å². The second kappa shape index (κ2) is 4.78. The molecule has 0 aromatic carbocycles. The summed E-state index contributed by atoms with van der Waals surface area (Å²) >= 11 is 3.75. The number of nitrogens with zero attached hydrogens (tertiary/aromatic N) is 1. The summed E-state index contributed by atoms with van der Waals surface area (Å²) in [5, 5.41) is 0. The average Bonchev–Trinajstić information content (AvgIpc) is 2.07. The third-order valence-electron chi connectivity index (χ3n) is 1.55. The van der Waals surface area contributed by atoms with E-state index < -0.39 is 6.43 Å². The van der Waals surface area contributed by atoms with Crippen LogP contribution in [0.15, 0.2) is 6.20 Å². The number of pyridine rings is 1. The fourth-order valence-corrected chi connectivity index (χ4v) is 2.29. The fourth-order valence-electron chi connectivity index (χ4n) is 0.943. The molecule has 0 unspecified atom stereocenters. The Labute approximate surface area is 102 Å². The van der Waals surface area contributed by atoms with Crippen LogP contribution in [-0.2, 0) is 6.54 Å². The molecule has 0 saturated heterocycles. The molecule has 0 fully saturated rings. The van der Waals surface area contributed by atoms with Crippen LogP contribution in [-0.4, -0.2) is 4.98 Å². The Balaban J connectivity index is 3.35. The van der Waals surface area contributed by atoms with E-state index in [2.05, 4.69) is 4.98 Å². The molecule has 0 amide bonds. The molecule has 0 aliphatic heterocycles. The Kier molecular flexibility index (Phi) is 4.23. The van der Waals surface area contributed by atoms with Crippen LogP contribution in [0.3, 0.4) is 0 Å². The van der Waals surface area contributed by atoms with Crippen molar-refractivity contribution in [2.75, 3.05) is 0 Å². The summed E-state index contributed by atoms with van der Waals surface area (Å²) in [6.07, 6.45) is -0.955. The summed E-state index contributed by atoms with van der Waals surface area (Å²) in [4.78, 5) is 3.85. The molecule has 1 aromatic rings. The molecule has 0 aliphatic rings. The van der Waals surface area contributed by atoms with E-state index in [4.69, 9.17) is 5.73 Å². The van der Waals surface area contributed by atoms with Gasteiger partial charge in [-0.05, 0) is 50.7 Å². The summed E-state index contributed by atoms with van der Waals surface area (Å²) in [6, 6.07) is 0. The molecule has 0 radical (unpaired) electrons. The quantitative estimate of drug-likeness (QED) is 0.602. The average molecular weight is 410 g/mol. The molecule has 1 heterocycles. The molecule has 0 saturated carbocycles. The summed E-state index contributed by atoms with van der Waals surface area (Å²) in [7, 11) is 0. The van der Waals surface area contributed by atoms with Crippen molar-refractivity contribution >= 4 is 45.2 Å². The highest BCUT2D eigenvalue weighted by Crippen LogP contribution is 2.29. The van der Waals surface area contributed by atoms with Gasteiger partial charge in [-0.15, -0.1) is 0 Å². The molecule has 0 bridgehead atoms. The van der Waals surface area contributed by atoms with Crippen LogP contribution in [0.25, 0.3) is 0 Å². The Bertz CT molecular complexity index is 318. The lowest BCUT2D eigenvalue weighted by Gasteiger charge is -2.10. The van der Waals surface area contributed by atoms with Crippen molar-refractivity contribution in [1.82, 2.24) is 4.98 Å². The van der Waals surface area contributed by atoms with E-state index in [0.717, 1.165) is 0 Å². The fraction of sp³-hybridized carbons (Fsp3) is 0.286. The maximum Gasteiger partial charge on any atom is 0.266 e. The molecular formula is C7H6F2I2N2. The van der Waals surface area contributed by atoms with E-state index in [0.29, 0.717) is 12.8 Å². The van der Waals surface area contributed by atoms with Crippen molar-refractivity contribution in [1.29, 1.82) is 0 Å². The number of alkyl halides is 2. The number of aromatic nitrogens is 1. The molecule has 0 spiro atoms. The lowest BCUT2D eigenvalue weighted by molar-refractivity contribution is 0.148. The third kappa shape index (κ3) is 2.46. The molecule has 72 valence electrons. The van der Waals surface area contributed by atoms with Crippen LogP contribution in [0, 0.1) is 7.27 Å². The molecule has 2 N–H and O–H groups in total. The van der Waals surface area contributed by atoms with Crippen molar-refractivity contribution in [2.45, 2.75) is 13.0 Å². The first-order valence-electron chi connectivity index (χ1n) is 3.39. The van der Waals surface area contributed by atoms with Gasteiger partial charge in [-0.1, -0.05) is 0 Å². The standard InChI is InChI=1S/C7H6F2I2N2/c8-6(9)5-3(1-12)4(10)2-13-7(5)11/h2,6H,1,12H2. The van der Waals surface area contributed by atoms with Gasteiger partial charge in [0.05, 0.1) is 5.56 Å². The minimum Gasteiger partial charge on any atom is -0.326 e. The molecule has 0 aliphatic carbocycles. The Morgan fingerprint density at radius 3 is 2.46 bits per heavy atom. The normalized spacial score (nSPS) is 10.9. The SMILES string of the molecule is NCc1c(I)cnc(I)c1C(F)F. The van der Waals surface area contributed by atoms with Gasteiger partial charge in [-0.3, -0.25) is 0 Å². The van der Waals surface area contributed by atoms with Gasteiger partial charge in [0, 0.05) is 16.3 Å².